The van der Waals surface area contributed by atoms with Gasteiger partial charge in [0, 0.05) is 49.4 Å². The summed E-state index contributed by atoms with van der Waals surface area (Å²) in [4.78, 5) is 15.0. The molecular weight excluding hydrogens is 266 g/mol. The summed E-state index contributed by atoms with van der Waals surface area (Å²) in [5, 5.41) is 10.8. The van der Waals surface area contributed by atoms with Crippen molar-refractivity contribution in [3.8, 4) is 0 Å². The third-order valence-electron chi connectivity index (χ3n) is 3.56. The molecule has 0 N–H and O–H groups in total. The van der Waals surface area contributed by atoms with Gasteiger partial charge in [0.05, 0.1) is 4.92 Å². The van der Waals surface area contributed by atoms with Crippen molar-refractivity contribution >= 4 is 23.0 Å². The number of piperazine rings is 1. The van der Waals surface area contributed by atoms with Crippen LogP contribution in [0.2, 0.25) is 0 Å². The quantitative estimate of drug-likeness (QED) is 0.486. The van der Waals surface area contributed by atoms with Gasteiger partial charge in [0.1, 0.15) is 0 Å². The predicted octanol–water partition coefficient (Wildman–Crippen LogP) is 2.47. The number of nitrogens with zero attached hydrogens (tertiary/aromatic N) is 3. The molecule has 0 saturated carbocycles. The first kappa shape index (κ1) is 14.1. The van der Waals surface area contributed by atoms with Crippen LogP contribution in [-0.2, 0) is 5.88 Å². The molecule has 1 aliphatic rings. The summed E-state index contributed by atoms with van der Waals surface area (Å²) in [6.07, 6.45) is 0. The summed E-state index contributed by atoms with van der Waals surface area (Å²) in [5.74, 6) is 0.288. The Kier molecular flexibility index (Phi) is 4.27. The van der Waals surface area contributed by atoms with E-state index in [0.29, 0.717) is 6.04 Å². The predicted molar refractivity (Wildman–Crippen MR) is 77.0 cm³/mol. The number of alkyl halides is 1. The SMILES string of the molecule is CC1CN(C)CCN1c1ccc([N+](=O)[O-])cc1CCl. The van der Waals surface area contributed by atoms with E-state index in [2.05, 4.69) is 23.8 Å². The Labute approximate surface area is 117 Å². The summed E-state index contributed by atoms with van der Waals surface area (Å²) in [5.41, 5.74) is 1.94. The zero-order chi connectivity index (χ0) is 14.0. The van der Waals surface area contributed by atoms with Crippen LogP contribution in [0.4, 0.5) is 11.4 Å². The molecule has 0 radical (unpaired) electrons. The number of hydrogen-bond donors (Lipinski definition) is 0. The second-order valence-electron chi connectivity index (χ2n) is 5.01. The van der Waals surface area contributed by atoms with Gasteiger partial charge in [0.2, 0.25) is 0 Å². The maximum atomic E-state index is 10.8. The Morgan fingerprint density at radius 3 is 2.79 bits per heavy atom. The first-order chi connectivity index (χ1) is 9.02. The molecule has 0 amide bonds. The van der Waals surface area contributed by atoms with Gasteiger partial charge in [-0.1, -0.05) is 0 Å². The Morgan fingerprint density at radius 1 is 1.47 bits per heavy atom. The van der Waals surface area contributed by atoms with E-state index >= 15 is 0 Å². The lowest BCUT2D eigenvalue weighted by atomic mass is 10.1. The van der Waals surface area contributed by atoms with Gasteiger partial charge in [0.25, 0.3) is 5.69 Å². The molecule has 1 aliphatic heterocycles. The number of anilines is 1. The Balaban J connectivity index is 2.31. The molecule has 1 unspecified atom stereocenters. The van der Waals surface area contributed by atoms with Crippen LogP contribution in [0.5, 0.6) is 0 Å². The topological polar surface area (TPSA) is 49.6 Å². The number of nitro benzene ring substituents is 1. The molecule has 2 rings (SSSR count). The fraction of sp³-hybridized carbons (Fsp3) is 0.538. The maximum absolute atomic E-state index is 10.8. The van der Waals surface area contributed by atoms with Crippen LogP contribution in [0.3, 0.4) is 0 Å². The van der Waals surface area contributed by atoms with E-state index in [-0.39, 0.29) is 16.5 Å². The van der Waals surface area contributed by atoms with Crippen LogP contribution in [0.15, 0.2) is 18.2 Å². The second kappa shape index (κ2) is 5.75. The van der Waals surface area contributed by atoms with Gasteiger partial charge in [-0.25, -0.2) is 0 Å². The molecule has 1 atom stereocenters. The number of rotatable bonds is 3. The molecule has 1 aromatic carbocycles. The van der Waals surface area contributed by atoms with E-state index in [1.54, 1.807) is 12.1 Å². The minimum atomic E-state index is -0.382. The molecule has 5 nitrogen and oxygen atoms in total. The van der Waals surface area contributed by atoms with Crippen LogP contribution in [0.1, 0.15) is 12.5 Å². The van der Waals surface area contributed by atoms with Crippen molar-refractivity contribution < 1.29 is 4.92 Å². The molecule has 6 heteroatoms. The van der Waals surface area contributed by atoms with Crippen LogP contribution in [-0.4, -0.2) is 42.5 Å². The van der Waals surface area contributed by atoms with Gasteiger partial charge in [-0.05, 0) is 25.6 Å². The van der Waals surface area contributed by atoms with Gasteiger partial charge < -0.3 is 9.80 Å². The van der Waals surface area contributed by atoms with Crippen LogP contribution in [0.25, 0.3) is 0 Å². The molecule has 104 valence electrons. The molecule has 0 spiro atoms. The van der Waals surface area contributed by atoms with Crippen LogP contribution < -0.4 is 4.90 Å². The van der Waals surface area contributed by atoms with E-state index in [9.17, 15) is 10.1 Å². The minimum Gasteiger partial charge on any atom is -0.366 e. The third kappa shape index (κ3) is 2.98. The monoisotopic (exact) mass is 283 g/mol. The molecule has 1 saturated heterocycles. The molecule has 0 aliphatic carbocycles. The van der Waals surface area contributed by atoms with Crippen molar-refractivity contribution in [1.82, 2.24) is 4.90 Å². The average Bonchev–Trinajstić information content (AvgIpc) is 2.38. The molecular formula is C13H18ClN3O2. The number of benzene rings is 1. The minimum absolute atomic E-state index is 0.0983. The summed E-state index contributed by atoms with van der Waals surface area (Å²) in [7, 11) is 2.10. The zero-order valence-electron chi connectivity index (χ0n) is 11.2. The first-order valence-corrected chi connectivity index (χ1v) is 6.85. The lowest BCUT2D eigenvalue weighted by Gasteiger charge is -2.40. The maximum Gasteiger partial charge on any atom is 0.269 e. The molecule has 1 heterocycles. The summed E-state index contributed by atoms with van der Waals surface area (Å²) < 4.78 is 0. The Morgan fingerprint density at radius 2 is 2.21 bits per heavy atom. The highest BCUT2D eigenvalue weighted by molar-refractivity contribution is 6.17. The highest BCUT2D eigenvalue weighted by Gasteiger charge is 2.24. The third-order valence-corrected chi connectivity index (χ3v) is 3.85. The second-order valence-corrected chi connectivity index (χ2v) is 5.28. The number of hydrogen-bond acceptors (Lipinski definition) is 4. The Bertz CT molecular complexity index is 481. The fourth-order valence-electron chi connectivity index (χ4n) is 2.57. The van der Waals surface area contributed by atoms with E-state index in [0.717, 1.165) is 30.9 Å². The number of non-ortho nitro benzene ring substituents is 1. The van der Waals surface area contributed by atoms with Crippen molar-refractivity contribution in [3.05, 3.63) is 33.9 Å². The van der Waals surface area contributed by atoms with Crippen molar-refractivity contribution in [2.45, 2.75) is 18.8 Å². The standard InChI is InChI=1S/C13H18ClN3O2/c1-10-9-15(2)5-6-16(10)13-4-3-12(17(18)19)7-11(13)8-14/h3-4,7,10H,5-6,8-9H2,1-2H3. The van der Waals surface area contributed by atoms with E-state index in [1.807, 2.05) is 6.07 Å². The average molecular weight is 284 g/mol. The summed E-state index contributed by atoms with van der Waals surface area (Å²) >= 11 is 5.94. The number of nitro groups is 1. The highest BCUT2D eigenvalue weighted by Crippen LogP contribution is 2.29. The normalized spacial score (nSPS) is 20.6. The summed E-state index contributed by atoms with van der Waals surface area (Å²) in [6.45, 7) is 5.05. The van der Waals surface area contributed by atoms with Gasteiger partial charge in [0.15, 0.2) is 0 Å². The van der Waals surface area contributed by atoms with Gasteiger partial charge >= 0.3 is 0 Å². The van der Waals surface area contributed by atoms with Crippen LogP contribution in [0, 0.1) is 10.1 Å². The Hall–Kier alpha value is -1.33. The lowest BCUT2D eigenvalue weighted by Crippen LogP contribution is -2.50. The van der Waals surface area contributed by atoms with Crippen LogP contribution >= 0.6 is 11.6 Å². The van der Waals surface area contributed by atoms with E-state index < -0.39 is 0 Å². The van der Waals surface area contributed by atoms with Crippen molar-refractivity contribution in [2.24, 2.45) is 0 Å². The summed E-state index contributed by atoms with van der Waals surface area (Å²) in [6, 6.07) is 5.32. The number of likely N-dealkylation sites (N-methyl/N-ethyl adjacent to an activating group) is 1. The lowest BCUT2D eigenvalue weighted by molar-refractivity contribution is -0.384. The first-order valence-electron chi connectivity index (χ1n) is 6.31. The van der Waals surface area contributed by atoms with E-state index in [1.165, 1.54) is 0 Å². The molecule has 0 bridgehead atoms. The molecule has 1 aromatic rings. The van der Waals surface area contributed by atoms with Gasteiger partial charge in [-0.3, -0.25) is 10.1 Å². The fourth-order valence-corrected chi connectivity index (χ4v) is 2.78. The number of halogens is 1. The zero-order valence-corrected chi connectivity index (χ0v) is 11.9. The van der Waals surface area contributed by atoms with E-state index in [4.69, 9.17) is 11.6 Å². The molecule has 1 fully saturated rings. The molecule has 19 heavy (non-hydrogen) atoms. The van der Waals surface area contributed by atoms with Crippen molar-refractivity contribution in [3.63, 3.8) is 0 Å². The van der Waals surface area contributed by atoms with Crippen molar-refractivity contribution in [2.75, 3.05) is 31.6 Å². The van der Waals surface area contributed by atoms with Gasteiger partial charge in [-0.2, -0.15) is 0 Å². The molecule has 0 aromatic heterocycles. The van der Waals surface area contributed by atoms with Gasteiger partial charge in [-0.15, -0.1) is 11.6 Å². The van der Waals surface area contributed by atoms with Crippen molar-refractivity contribution in [1.29, 1.82) is 0 Å². The highest BCUT2D eigenvalue weighted by atomic mass is 35.5. The smallest absolute Gasteiger partial charge is 0.269 e. The largest absolute Gasteiger partial charge is 0.366 e.